The molecular formula is C17H24ClN3. The van der Waals surface area contributed by atoms with Gasteiger partial charge in [0.25, 0.3) is 0 Å². The van der Waals surface area contributed by atoms with Gasteiger partial charge in [-0.2, -0.15) is 5.10 Å². The number of rotatable bonds is 8. The molecule has 0 aliphatic carbocycles. The molecule has 0 spiro atoms. The van der Waals surface area contributed by atoms with Crippen LogP contribution in [0.1, 0.15) is 24.5 Å². The summed E-state index contributed by atoms with van der Waals surface area (Å²) in [5.41, 5.74) is 2.59. The van der Waals surface area contributed by atoms with Crippen molar-refractivity contribution in [3.05, 3.63) is 52.8 Å². The maximum Gasteiger partial charge on any atom is 0.0521 e. The minimum Gasteiger partial charge on any atom is -0.316 e. The van der Waals surface area contributed by atoms with E-state index in [1.165, 1.54) is 11.1 Å². The van der Waals surface area contributed by atoms with Gasteiger partial charge in [0.15, 0.2) is 0 Å². The number of aryl methyl sites for hydroxylation is 1. The smallest absolute Gasteiger partial charge is 0.0521 e. The normalized spacial score (nSPS) is 12.5. The third-order valence-electron chi connectivity index (χ3n) is 3.56. The number of nitrogens with zero attached hydrogens (tertiary/aromatic N) is 2. The lowest BCUT2D eigenvalue weighted by Gasteiger charge is -2.17. The third kappa shape index (κ3) is 5.52. The summed E-state index contributed by atoms with van der Waals surface area (Å²) in [6.45, 7) is 4.29. The predicted molar refractivity (Wildman–Crippen MR) is 88.7 cm³/mol. The van der Waals surface area contributed by atoms with E-state index in [9.17, 15) is 0 Å². The van der Waals surface area contributed by atoms with Crippen LogP contribution in [0, 0.1) is 5.92 Å². The van der Waals surface area contributed by atoms with Crippen molar-refractivity contribution in [1.82, 2.24) is 15.1 Å². The molecular weight excluding hydrogens is 282 g/mol. The van der Waals surface area contributed by atoms with Crippen molar-refractivity contribution in [2.24, 2.45) is 13.0 Å². The Morgan fingerprint density at radius 3 is 2.76 bits per heavy atom. The molecule has 0 bridgehead atoms. The summed E-state index contributed by atoms with van der Waals surface area (Å²) < 4.78 is 1.87. The largest absolute Gasteiger partial charge is 0.316 e. The fourth-order valence-corrected chi connectivity index (χ4v) is 2.82. The fraction of sp³-hybridized carbons (Fsp3) is 0.471. The van der Waals surface area contributed by atoms with Crippen LogP contribution in [0.15, 0.2) is 36.7 Å². The van der Waals surface area contributed by atoms with Crippen molar-refractivity contribution in [3.8, 4) is 0 Å². The van der Waals surface area contributed by atoms with Crippen molar-refractivity contribution in [3.63, 3.8) is 0 Å². The van der Waals surface area contributed by atoms with Gasteiger partial charge in [0, 0.05) is 18.3 Å². The highest BCUT2D eigenvalue weighted by atomic mass is 35.5. The lowest BCUT2D eigenvalue weighted by molar-refractivity contribution is 0.470. The highest BCUT2D eigenvalue weighted by molar-refractivity contribution is 6.30. The number of hydrogen-bond donors (Lipinski definition) is 1. The molecule has 0 saturated heterocycles. The van der Waals surface area contributed by atoms with Crippen LogP contribution in [0.5, 0.6) is 0 Å². The molecule has 2 aromatic rings. The van der Waals surface area contributed by atoms with Crippen molar-refractivity contribution in [2.75, 3.05) is 13.1 Å². The molecule has 0 fully saturated rings. The Kier molecular flexibility index (Phi) is 6.27. The van der Waals surface area contributed by atoms with Gasteiger partial charge in [0.1, 0.15) is 0 Å². The Bertz CT molecular complexity index is 550. The summed E-state index contributed by atoms with van der Waals surface area (Å²) in [6.07, 6.45) is 7.30. The first-order valence-corrected chi connectivity index (χ1v) is 7.98. The van der Waals surface area contributed by atoms with Crippen LogP contribution in [0.25, 0.3) is 0 Å². The third-order valence-corrected chi connectivity index (χ3v) is 3.79. The Morgan fingerprint density at radius 1 is 1.29 bits per heavy atom. The highest BCUT2D eigenvalue weighted by Crippen LogP contribution is 2.17. The standard InChI is InChI=1S/C17H24ClN3/c1-3-7-19-11-15(9-16-12-20-21(2)13-16)8-14-5-4-6-17(18)10-14/h4-6,10,12-13,15,19H,3,7-9,11H2,1-2H3. The number of halogens is 1. The van der Waals surface area contributed by atoms with Crippen LogP contribution in [0.3, 0.4) is 0 Å². The quantitative estimate of drug-likeness (QED) is 0.757. The molecule has 0 aliphatic heterocycles. The lowest BCUT2D eigenvalue weighted by Crippen LogP contribution is -2.26. The van der Waals surface area contributed by atoms with Crippen molar-refractivity contribution in [1.29, 1.82) is 0 Å². The number of nitrogens with one attached hydrogen (secondary N) is 1. The van der Waals surface area contributed by atoms with Crippen molar-refractivity contribution < 1.29 is 0 Å². The van der Waals surface area contributed by atoms with Gasteiger partial charge in [-0.3, -0.25) is 4.68 Å². The van der Waals surface area contributed by atoms with Crippen LogP contribution in [-0.4, -0.2) is 22.9 Å². The first-order valence-electron chi connectivity index (χ1n) is 7.60. The van der Waals surface area contributed by atoms with Crippen LogP contribution in [0.2, 0.25) is 5.02 Å². The molecule has 2 rings (SSSR count). The SMILES string of the molecule is CCCNCC(Cc1cccc(Cl)c1)Cc1cnn(C)c1. The zero-order valence-corrected chi connectivity index (χ0v) is 13.6. The Labute approximate surface area is 132 Å². The average Bonchev–Trinajstić information content (AvgIpc) is 2.84. The van der Waals surface area contributed by atoms with Crippen LogP contribution in [0.4, 0.5) is 0 Å². The highest BCUT2D eigenvalue weighted by Gasteiger charge is 2.12. The van der Waals surface area contributed by atoms with E-state index in [4.69, 9.17) is 11.6 Å². The average molecular weight is 306 g/mol. The molecule has 1 N–H and O–H groups in total. The minimum atomic E-state index is 0.555. The zero-order valence-electron chi connectivity index (χ0n) is 12.8. The van der Waals surface area contributed by atoms with Gasteiger partial charge in [-0.05, 0) is 61.5 Å². The second-order valence-corrected chi connectivity index (χ2v) is 6.07. The molecule has 1 atom stereocenters. The van der Waals surface area contributed by atoms with Crippen LogP contribution < -0.4 is 5.32 Å². The van der Waals surface area contributed by atoms with E-state index in [0.29, 0.717) is 5.92 Å². The van der Waals surface area contributed by atoms with E-state index < -0.39 is 0 Å². The predicted octanol–water partition coefficient (Wildman–Crippen LogP) is 3.47. The topological polar surface area (TPSA) is 29.9 Å². The van der Waals surface area contributed by atoms with Crippen molar-refractivity contribution >= 4 is 11.6 Å². The molecule has 0 saturated carbocycles. The molecule has 3 nitrogen and oxygen atoms in total. The van der Waals surface area contributed by atoms with Gasteiger partial charge >= 0.3 is 0 Å². The molecule has 1 heterocycles. The molecule has 0 amide bonds. The van der Waals surface area contributed by atoms with Gasteiger partial charge in [0.05, 0.1) is 6.20 Å². The van der Waals surface area contributed by atoms with Crippen LogP contribution >= 0.6 is 11.6 Å². The fourth-order valence-electron chi connectivity index (χ4n) is 2.61. The van der Waals surface area contributed by atoms with Gasteiger partial charge < -0.3 is 5.32 Å². The summed E-state index contributed by atoms with van der Waals surface area (Å²) in [6, 6.07) is 8.17. The zero-order chi connectivity index (χ0) is 15.1. The van der Waals surface area contributed by atoms with E-state index in [1.807, 2.05) is 30.1 Å². The van der Waals surface area contributed by atoms with E-state index in [-0.39, 0.29) is 0 Å². The van der Waals surface area contributed by atoms with Crippen LogP contribution in [-0.2, 0) is 19.9 Å². The maximum absolute atomic E-state index is 6.09. The molecule has 4 heteroatoms. The molecule has 114 valence electrons. The number of hydrogen-bond acceptors (Lipinski definition) is 2. The number of benzene rings is 1. The number of aromatic nitrogens is 2. The molecule has 0 aliphatic rings. The minimum absolute atomic E-state index is 0.555. The second kappa shape index (κ2) is 8.20. The summed E-state index contributed by atoms with van der Waals surface area (Å²) in [5, 5.41) is 8.61. The molecule has 0 radical (unpaired) electrons. The molecule has 1 unspecified atom stereocenters. The molecule has 1 aromatic heterocycles. The molecule has 1 aromatic carbocycles. The molecule has 21 heavy (non-hydrogen) atoms. The summed E-state index contributed by atoms with van der Waals surface area (Å²) in [4.78, 5) is 0. The Hall–Kier alpha value is -1.32. The van der Waals surface area contributed by atoms with E-state index >= 15 is 0 Å². The second-order valence-electron chi connectivity index (χ2n) is 5.63. The Balaban J connectivity index is 2.00. The summed E-state index contributed by atoms with van der Waals surface area (Å²) in [7, 11) is 1.96. The lowest BCUT2D eigenvalue weighted by atomic mass is 9.93. The first-order chi connectivity index (χ1) is 10.2. The Morgan fingerprint density at radius 2 is 2.10 bits per heavy atom. The first kappa shape index (κ1) is 16.1. The summed E-state index contributed by atoms with van der Waals surface area (Å²) >= 11 is 6.09. The van der Waals surface area contributed by atoms with Gasteiger partial charge in [-0.15, -0.1) is 0 Å². The maximum atomic E-state index is 6.09. The van der Waals surface area contributed by atoms with E-state index in [0.717, 1.165) is 37.4 Å². The van der Waals surface area contributed by atoms with Gasteiger partial charge in [-0.1, -0.05) is 30.7 Å². The van der Waals surface area contributed by atoms with E-state index in [1.54, 1.807) is 0 Å². The van der Waals surface area contributed by atoms with Crippen molar-refractivity contribution in [2.45, 2.75) is 26.2 Å². The summed E-state index contributed by atoms with van der Waals surface area (Å²) in [5.74, 6) is 0.555. The van der Waals surface area contributed by atoms with Gasteiger partial charge in [-0.25, -0.2) is 0 Å². The van der Waals surface area contributed by atoms with E-state index in [2.05, 4.69) is 35.7 Å². The van der Waals surface area contributed by atoms with Gasteiger partial charge in [0.2, 0.25) is 0 Å². The monoisotopic (exact) mass is 305 g/mol.